The molecule has 4 aromatic rings. The van der Waals surface area contributed by atoms with Gasteiger partial charge in [0, 0.05) is 6.20 Å². The highest BCUT2D eigenvalue weighted by molar-refractivity contribution is 7.24. The summed E-state index contributed by atoms with van der Waals surface area (Å²) >= 11 is 8.70. The summed E-state index contributed by atoms with van der Waals surface area (Å²) in [4.78, 5) is 26.9. The van der Waals surface area contributed by atoms with Gasteiger partial charge in [0.15, 0.2) is 5.82 Å². The van der Waals surface area contributed by atoms with E-state index < -0.39 is 0 Å². The molecule has 0 unspecified atom stereocenters. The molecule has 2 N–H and O–H groups in total. The number of thiazole rings is 1. The number of amides is 1. The van der Waals surface area contributed by atoms with Gasteiger partial charge in [0.2, 0.25) is 5.95 Å². The molecule has 0 radical (unpaired) electrons. The number of thiophene rings is 1. The topological polar surface area (TPSA) is 96.5 Å². The summed E-state index contributed by atoms with van der Waals surface area (Å²) in [6.07, 6.45) is 1.66. The summed E-state index contributed by atoms with van der Waals surface area (Å²) in [5, 5.41) is 10.2. The van der Waals surface area contributed by atoms with Crippen LogP contribution in [0.2, 0.25) is 4.34 Å². The number of halogens is 1. The number of nitrogens with zero attached hydrogens (tertiary/aromatic N) is 4. The van der Waals surface area contributed by atoms with E-state index in [1.54, 1.807) is 19.2 Å². The molecule has 1 amide bonds. The number of H-pyrrole nitrogens is 1. The Morgan fingerprint density at radius 3 is 2.81 bits per heavy atom. The van der Waals surface area contributed by atoms with Crippen molar-refractivity contribution in [2.45, 2.75) is 6.92 Å². The molecule has 130 valence electrons. The smallest absolute Gasteiger partial charge is 0.270 e. The second-order valence-corrected chi connectivity index (χ2v) is 7.93. The second kappa shape index (κ2) is 6.94. The summed E-state index contributed by atoms with van der Waals surface area (Å²) in [5.74, 6) is 0.362. The molecular formula is C16H11ClN6OS2. The maximum absolute atomic E-state index is 12.6. The first kappa shape index (κ1) is 16.8. The Bertz CT molecular complexity index is 1070. The number of hydrogen-bond acceptors (Lipinski definition) is 7. The lowest BCUT2D eigenvalue weighted by atomic mass is 10.3. The van der Waals surface area contributed by atoms with E-state index in [9.17, 15) is 4.79 Å². The van der Waals surface area contributed by atoms with Crippen molar-refractivity contribution in [2.75, 3.05) is 5.32 Å². The number of nitrogens with one attached hydrogen (secondary N) is 2. The van der Waals surface area contributed by atoms with E-state index in [1.807, 2.05) is 24.3 Å². The van der Waals surface area contributed by atoms with Gasteiger partial charge >= 0.3 is 0 Å². The molecule has 0 aliphatic carbocycles. The van der Waals surface area contributed by atoms with Crippen molar-refractivity contribution in [3.05, 3.63) is 51.4 Å². The van der Waals surface area contributed by atoms with Gasteiger partial charge in [0.25, 0.3) is 5.91 Å². The third kappa shape index (κ3) is 3.36. The molecule has 0 saturated carbocycles. The molecule has 0 aliphatic heterocycles. The van der Waals surface area contributed by atoms with Gasteiger partial charge in [-0.15, -0.1) is 27.8 Å². The monoisotopic (exact) mass is 402 g/mol. The predicted molar refractivity (Wildman–Crippen MR) is 103 cm³/mol. The predicted octanol–water partition coefficient (Wildman–Crippen LogP) is 4.27. The van der Waals surface area contributed by atoms with E-state index >= 15 is 0 Å². The highest BCUT2D eigenvalue weighted by atomic mass is 35.5. The van der Waals surface area contributed by atoms with Crippen LogP contribution in [0.4, 0.5) is 5.95 Å². The molecule has 4 aromatic heterocycles. The van der Waals surface area contributed by atoms with E-state index in [4.69, 9.17) is 11.6 Å². The SMILES string of the molecule is Cc1nc(-c2ccc(Cl)s2)sc1C(=O)Nc1n[nH]c(-c2ccccn2)n1. The van der Waals surface area contributed by atoms with E-state index in [2.05, 4.69) is 30.5 Å². The van der Waals surface area contributed by atoms with Crippen LogP contribution >= 0.6 is 34.3 Å². The van der Waals surface area contributed by atoms with Crippen LogP contribution < -0.4 is 5.32 Å². The van der Waals surface area contributed by atoms with Crippen LogP contribution in [0, 0.1) is 6.92 Å². The van der Waals surface area contributed by atoms with E-state index in [1.165, 1.54) is 22.7 Å². The fourth-order valence-electron chi connectivity index (χ4n) is 2.24. The molecule has 0 saturated heterocycles. The molecule has 0 aromatic carbocycles. The van der Waals surface area contributed by atoms with Gasteiger partial charge in [0.1, 0.15) is 15.6 Å². The van der Waals surface area contributed by atoms with Crippen LogP contribution in [-0.2, 0) is 0 Å². The third-order valence-electron chi connectivity index (χ3n) is 3.41. The molecule has 26 heavy (non-hydrogen) atoms. The second-order valence-electron chi connectivity index (χ2n) is 5.21. The van der Waals surface area contributed by atoms with Crippen LogP contribution in [0.25, 0.3) is 21.4 Å². The molecular weight excluding hydrogens is 392 g/mol. The molecule has 0 atom stereocenters. The number of aromatic nitrogens is 5. The van der Waals surface area contributed by atoms with Crippen molar-refractivity contribution in [1.29, 1.82) is 0 Å². The number of carbonyl (C=O) groups is 1. The lowest BCUT2D eigenvalue weighted by Gasteiger charge is -1.97. The van der Waals surface area contributed by atoms with Crippen LogP contribution in [0.15, 0.2) is 36.5 Å². The Hall–Kier alpha value is -2.62. The largest absolute Gasteiger partial charge is 0.288 e. The van der Waals surface area contributed by atoms with Crippen molar-refractivity contribution in [3.63, 3.8) is 0 Å². The number of aromatic amines is 1. The number of carbonyl (C=O) groups excluding carboxylic acids is 1. The maximum Gasteiger partial charge on any atom is 0.270 e. The van der Waals surface area contributed by atoms with Crippen molar-refractivity contribution in [1.82, 2.24) is 25.1 Å². The summed E-state index contributed by atoms with van der Waals surface area (Å²) in [6, 6.07) is 9.17. The molecule has 0 fully saturated rings. The molecule has 0 bridgehead atoms. The van der Waals surface area contributed by atoms with E-state index in [0.717, 1.165) is 9.88 Å². The molecule has 0 spiro atoms. The Morgan fingerprint density at radius 2 is 2.08 bits per heavy atom. The quantitative estimate of drug-likeness (QED) is 0.531. The molecule has 10 heteroatoms. The van der Waals surface area contributed by atoms with Gasteiger partial charge < -0.3 is 0 Å². The van der Waals surface area contributed by atoms with Gasteiger partial charge in [0.05, 0.1) is 14.9 Å². The minimum atomic E-state index is -0.305. The van der Waals surface area contributed by atoms with Crippen LogP contribution in [0.1, 0.15) is 15.4 Å². The van der Waals surface area contributed by atoms with Gasteiger partial charge in [-0.25, -0.2) is 4.98 Å². The fourth-order valence-corrected chi connectivity index (χ4v) is 4.29. The zero-order valence-corrected chi connectivity index (χ0v) is 15.7. The summed E-state index contributed by atoms with van der Waals surface area (Å²) in [7, 11) is 0. The fraction of sp³-hybridized carbons (Fsp3) is 0.0625. The Labute approximate surface area is 161 Å². The van der Waals surface area contributed by atoms with Gasteiger partial charge in [-0.1, -0.05) is 17.7 Å². The molecule has 0 aliphatic rings. The number of aryl methyl sites for hydroxylation is 1. The first-order valence-corrected chi connectivity index (χ1v) is 9.49. The van der Waals surface area contributed by atoms with E-state index in [-0.39, 0.29) is 11.9 Å². The summed E-state index contributed by atoms with van der Waals surface area (Å²) < 4.78 is 0.682. The first-order valence-electron chi connectivity index (χ1n) is 7.48. The standard InChI is InChI=1S/C16H11ClN6OS2/c1-8-12(26-15(19-8)10-5-6-11(17)25-10)14(24)21-16-20-13(22-23-16)9-4-2-3-7-18-9/h2-7H,1H3,(H2,20,21,22,23,24). The number of rotatable bonds is 4. The Morgan fingerprint density at radius 1 is 1.19 bits per heavy atom. The maximum atomic E-state index is 12.6. The first-order chi connectivity index (χ1) is 12.6. The number of hydrogen-bond donors (Lipinski definition) is 2. The minimum absolute atomic E-state index is 0.184. The van der Waals surface area contributed by atoms with Gasteiger partial charge in [-0.05, 0) is 31.2 Å². The average molecular weight is 403 g/mol. The van der Waals surface area contributed by atoms with E-state index in [0.29, 0.717) is 26.4 Å². The molecule has 4 rings (SSSR count). The van der Waals surface area contributed by atoms with Crippen molar-refractivity contribution in [2.24, 2.45) is 0 Å². The van der Waals surface area contributed by atoms with Crippen LogP contribution in [-0.4, -0.2) is 31.1 Å². The van der Waals surface area contributed by atoms with Crippen molar-refractivity contribution >= 4 is 46.1 Å². The Kier molecular flexibility index (Phi) is 4.49. The molecule has 7 nitrogen and oxygen atoms in total. The highest BCUT2D eigenvalue weighted by Crippen LogP contribution is 2.35. The van der Waals surface area contributed by atoms with Crippen LogP contribution in [0.5, 0.6) is 0 Å². The highest BCUT2D eigenvalue weighted by Gasteiger charge is 2.19. The van der Waals surface area contributed by atoms with Crippen molar-refractivity contribution in [3.8, 4) is 21.4 Å². The summed E-state index contributed by atoms with van der Waals surface area (Å²) in [6.45, 7) is 1.79. The summed E-state index contributed by atoms with van der Waals surface area (Å²) in [5.41, 5.74) is 1.29. The molecule has 4 heterocycles. The zero-order chi connectivity index (χ0) is 18.1. The lowest BCUT2D eigenvalue weighted by Crippen LogP contribution is -2.12. The Balaban J connectivity index is 1.54. The number of pyridine rings is 1. The number of anilines is 1. The normalized spacial score (nSPS) is 10.8. The minimum Gasteiger partial charge on any atom is -0.288 e. The van der Waals surface area contributed by atoms with Gasteiger partial charge in [-0.3, -0.25) is 20.2 Å². The lowest BCUT2D eigenvalue weighted by molar-refractivity contribution is 0.102. The van der Waals surface area contributed by atoms with Crippen LogP contribution in [0.3, 0.4) is 0 Å². The average Bonchev–Trinajstić information content (AvgIpc) is 3.36. The third-order valence-corrected chi connectivity index (χ3v) is 5.96. The zero-order valence-electron chi connectivity index (χ0n) is 13.4. The van der Waals surface area contributed by atoms with Crippen molar-refractivity contribution < 1.29 is 4.79 Å². The van der Waals surface area contributed by atoms with Gasteiger partial charge in [-0.2, -0.15) is 4.98 Å².